The van der Waals surface area contributed by atoms with Gasteiger partial charge in [-0.25, -0.2) is 8.78 Å². The Morgan fingerprint density at radius 2 is 0.740 bits per heavy atom. The SMILES string of the molecule is CCCCC1CCC(C2CCC(c3cc(F)cc(OCc4ccc(OC(F)(F)F)cc4)c3)CC2)CC1.CCCCCC1CCC(C2CCC(c3cc(F)cc(OCc4ccc(OC(F)(F)F)cc4)c3)CC2)CC1. The summed E-state index contributed by atoms with van der Waals surface area (Å²) in [6, 6.07) is 20.9. The summed E-state index contributed by atoms with van der Waals surface area (Å²) in [5, 5.41) is 0. The summed E-state index contributed by atoms with van der Waals surface area (Å²) in [6.45, 7) is 4.83. The normalized spacial score (nSPS) is 24.7. The van der Waals surface area contributed by atoms with Crippen molar-refractivity contribution >= 4 is 0 Å². The molecule has 0 N–H and O–H groups in total. The van der Waals surface area contributed by atoms with Crippen LogP contribution in [0.3, 0.4) is 0 Å². The van der Waals surface area contributed by atoms with Crippen LogP contribution < -0.4 is 18.9 Å². The Kier molecular flexibility index (Phi) is 21.1. The summed E-state index contributed by atoms with van der Waals surface area (Å²) in [4.78, 5) is 0. The van der Waals surface area contributed by atoms with Crippen molar-refractivity contribution in [2.24, 2.45) is 35.5 Å². The quantitative estimate of drug-likeness (QED) is 0.0693. The first-order valence-electron chi connectivity index (χ1n) is 27.6. The average molecular weight is 1030 g/mol. The fraction of sp³-hybridized carbons (Fsp3) is 0.607. The lowest BCUT2D eigenvalue weighted by Gasteiger charge is -2.38. The molecule has 0 aliphatic heterocycles. The molecular formula is C61H78F8O4. The van der Waals surface area contributed by atoms with Crippen LogP contribution in [0.5, 0.6) is 23.0 Å². The summed E-state index contributed by atoms with van der Waals surface area (Å²) in [5.74, 6) is 5.63. The van der Waals surface area contributed by atoms with E-state index < -0.39 is 12.7 Å². The molecule has 0 amide bonds. The zero-order chi connectivity index (χ0) is 51.8. The van der Waals surface area contributed by atoms with Gasteiger partial charge in [0.2, 0.25) is 0 Å². The van der Waals surface area contributed by atoms with Crippen LogP contribution in [0, 0.1) is 47.1 Å². The van der Waals surface area contributed by atoms with Crippen molar-refractivity contribution in [3.8, 4) is 23.0 Å². The van der Waals surface area contributed by atoms with Gasteiger partial charge in [-0.3, -0.25) is 0 Å². The first-order valence-corrected chi connectivity index (χ1v) is 27.6. The predicted molar refractivity (Wildman–Crippen MR) is 272 cm³/mol. The van der Waals surface area contributed by atoms with E-state index in [4.69, 9.17) is 9.47 Å². The smallest absolute Gasteiger partial charge is 0.489 e. The van der Waals surface area contributed by atoms with Crippen molar-refractivity contribution in [3.63, 3.8) is 0 Å². The van der Waals surface area contributed by atoms with Gasteiger partial charge in [-0.05, 0) is 195 Å². The first-order chi connectivity index (χ1) is 35.1. The van der Waals surface area contributed by atoms with Crippen LogP contribution in [0.1, 0.15) is 196 Å². The summed E-state index contributed by atoms with van der Waals surface area (Å²) in [7, 11) is 0. The summed E-state index contributed by atoms with van der Waals surface area (Å²) in [6.07, 6.45) is 20.4. The van der Waals surface area contributed by atoms with Gasteiger partial charge in [-0.1, -0.05) is 109 Å². The summed E-state index contributed by atoms with van der Waals surface area (Å²) in [5.41, 5.74) is 3.34. The number of alkyl halides is 6. The van der Waals surface area contributed by atoms with E-state index in [-0.39, 0.29) is 36.3 Å². The molecule has 0 radical (unpaired) electrons. The highest BCUT2D eigenvalue weighted by atomic mass is 19.4. The van der Waals surface area contributed by atoms with Crippen LogP contribution in [0.25, 0.3) is 0 Å². The Morgan fingerprint density at radius 3 is 1.08 bits per heavy atom. The maximum absolute atomic E-state index is 14.4. The van der Waals surface area contributed by atoms with Gasteiger partial charge in [-0.2, -0.15) is 0 Å². The van der Waals surface area contributed by atoms with E-state index in [9.17, 15) is 35.1 Å². The number of hydrogen-bond acceptors (Lipinski definition) is 4. The minimum Gasteiger partial charge on any atom is -0.489 e. The molecule has 4 saturated carbocycles. The molecule has 4 aromatic carbocycles. The van der Waals surface area contributed by atoms with Crippen molar-refractivity contribution in [1.82, 2.24) is 0 Å². The van der Waals surface area contributed by atoms with Gasteiger partial charge in [-0.15, -0.1) is 26.3 Å². The summed E-state index contributed by atoms with van der Waals surface area (Å²) < 4.78 is 122. The molecule has 4 nitrogen and oxygen atoms in total. The molecule has 4 aliphatic carbocycles. The minimum atomic E-state index is -4.72. The molecule has 0 unspecified atom stereocenters. The molecule has 0 spiro atoms. The number of halogens is 8. The van der Waals surface area contributed by atoms with Crippen LogP contribution in [-0.4, -0.2) is 12.7 Å². The van der Waals surface area contributed by atoms with Gasteiger partial charge in [0.1, 0.15) is 47.8 Å². The topological polar surface area (TPSA) is 36.9 Å². The molecule has 4 aromatic rings. The Labute approximate surface area is 429 Å². The van der Waals surface area contributed by atoms with Crippen LogP contribution in [0.15, 0.2) is 84.9 Å². The van der Waals surface area contributed by atoms with E-state index in [1.165, 1.54) is 183 Å². The maximum Gasteiger partial charge on any atom is 0.573 e. The second-order valence-electron chi connectivity index (χ2n) is 21.8. The third kappa shape index (κ3) is 18.7. The number of rotatable bonds is 19. The van der Waals surface area contributed by atoms with E-state index in [1.807, 2.05) is 12.1 Å². The Balaban J connectivity index is 0.000000214. The van der Waals surface area contributed by atoms with E-state index >= 15 is 0 Å². The van der Waals surface area contributed by atoms with Gasteiger partial charge in [0, 0.05) is 12.1 Å². The molecule has 4 aliphatic rings. The van der Waals surface area contributed by atoms with E-state index in [0.717, 1.165) is 72.3 Å². The lowest BCUT2D eigenvalue weighted by Crippen LogP contribution is -2.25. The lowest BCUT2D eigenvalue weighted by atomic mass is 9.68. The average Bonchev–Trinajstić information content (AvgIpc) is 3.37. The zero-order valence-corrected chi connectivity index (χ0v) is 43.0. The van der Waals surface area contributed by atoms with Gasteiger partial charge in [0.25, 0.3) is 0 Å². The number of benzene rings is 4. The molecule has 0 bridgehead atoms. The van der Waals surface area contributed by atoms with E-state index in [0.29, 0.717) is 34.5 Å². The molecule has 0 heterocycles. The molecule has 73 heavy (non-hydrogen) atoms. The number of hydrogen-bond donors (Lipinski definition) is 0. The van der Waals surface area contributed by atoms with Crippen molar-refractivity contribution in [2.75, 3.05) is 0 Å². The van der Waals surface area contributed by atoms with Crippen LogP contribution in [0.2, 0.25) is 0 Å². The van der Waals surface area contributed by atoms with Crippen LogP contribution >= 0.6 is 0 Å². The fourth-order valence-corrected chi connectivity index (χ4v) is 12.6. The molecule has 4 fully saturated rings. The molecule has 12 heteroatoms. The third-order valence-corrected chi connectivity index (χ3v) is 16.7. The molecule has 0 aromatic heterocycles. The number of ether oxygens (including phenoxy) is 4. The summed E-state index contributed by atoms with van der Waals surface area (Å²) >= 11 is 0. The highest BCUT2D eigenvalue weighted by Crippen LogP contribution is 2.47. The predicted octanol–water partition coefficient (Wildman–Crippen LogP) is 19.5. The Bertz CT molecular complexity index is 2210. The van der Waals surface area contributed by atoms with E-state index in [2.05, 4.69) is 23.3 Å². The highest BCUT2D eigenvalue weighted by Gasteiger charge is 2.34. The standard InChI is InChI=1S/C31H40F4O2.C30H38F4O2/c1-2-3-4-5-22-6-10-24(11-7-22)25-12-14-26(15-13-25)27-18-28(32)20-30(19-27)36-21-23-8-16-29(17-9-23)37-31(33,34)35;1-2-3-4-21-5-9-23(10-6-21)24-11-13-25(14-12-24)26-17-27(31)19-29(18-26)35-20-22-7-15-28(16-8-22)36-30(32,33)34/h8-9,16-20,22,24-26H,2-7,10-15,21H2,1H3;7-8,15-19,21,23-25H,2-6,9-14,20H2,1H3. The molecular weight excluding hydrogens is 949 g/mol. The molecule has 0 atom stereocenters. The number of unbranched alkanes of at least 4 members (excludes halogenated alkanes) is 3. The highest BCUT2D eigenvalue weighted by molar-refractivity contribution is 5.35. The van der Waals surface area contributed by atoms with Gasteiger partial charge >= 0.3 is 12.7 Å². The third-order valence-electron chi connectivity index (χ3n) is 16.7. The van der Waals surface area contributed by atoms with E-state index in [1.54, 1.807) is 12.1 Å². The second-order valence-corrected chi connectivity index (χ2v) is 21.8. The monoisotopic (exact) mass is 1030 g/mol. The van der Waals surface area contributed by atoms with Gasteiger partial charge in [0.15, 0.2) is 0 Å². The zero-order valence-electron chi connectivity index (χ0n) is 43.0. The Morgan fingerprint density at radius 1 is 0.397 bits per heavy atom. The second kappa shape index (κ2) is 27.3. The van der Waals surface area contributed by atoms with Crippen molar-refractivity contribution < 1.29 is 54.1 Å². The van der Waals surface area contributed by atoms with Crippen molar-refractivity contribution in [3.05, 3.63) is 119 Å². The van der Waals surface area contributed by atoms with Crippen molar-refractivity contribution in [1.29, 1.82) is 0 Å². The largest absolute Gasteiger partial charge is 0.573 e. The van der Waals surface area contributed by atoms with Gasteiger partial charge < -0.3 is 18.9 Å². The molecule has 402 valence electrons. The molecule has 0 saturated heterocycles. The van der Waals surface area contributed by atoms with Crippen molar-refractivity contribution in [2.45, 2.75) is 199 Å². The van der Waals surface area contributed by atoms with Crippen LogP contribution in [0.4, 0.5) is 35.1 Å². The first kappa shape index (κ1) is 56.3. The Hall–Kier alpha value is -4.48. The van der Waals surface area contributed by atoms with Gasteiger partial charge in [0.05, 0.1) is 0 Å². The molecule has 8 rings (SSSR count). The maximum atomic E-state index is 14.4. The fourth-order valence-electron chi connectivity index (χ4n) is 12.6. The lowest BCUT2D eigenvalue weighted by molar-refractivity contribution is -0.275. The minimum absolute atomic E-state index is 0.142. The van der Waals surface area contributed by atoms with Crippen LogP contribution in [-0.2, 0) is 13.2 Å².